The summed E-state index contributed by atoms with van der Waals surface area (Å²) in [6.07, 6.45) is 8.30. The minimum Gasteiger partial charge on any atom is -0.609 e. The van der Waals surface area contributed by atoms with E-state index in [0.29, 0.717) is 30.3 Å². The molecule has 188 valence electrons. The zero-order valence-electron chi connectivity index (χ0n) is 20.0. The van der Waals surface area contributed by atoms with Gasteiger partial charge in [-0.1, -0.05) is 55.7 Å². The summed E-state index contributed by atoms with van der Waals surface area (Å²) >= 11 is 0. The van der Waals surface area contributed by atoms with Crippen LogP contribution in [0.2, 0.25) is 0 Å². The van der Waals surface area contributed by atoms with Crippen LogP contribution in [0.25, 0.3) is 16.2 Å². The average molecular weight is 488 g/mol. The van der Waals surface area contributed by atoms with Crippen LogP contribution in [0.5, 0.6) is 0 Å². The molecule has 3 aromatic rings. The molecule has 0 radical (unpaired) electrons. The van der Waals surface area contributed by atoms with Crippen molar-refractivity contribution in [3.05, 3.63) is 93.5 Å². The second kappa shape index (κ2) is 10.8. The summed E-state index contributed by atoms with van der Waals surface area (Å²) in [7, 11) is 0. The van der Waals surface area contributed by atoms with Gasteiger partial charge in [0.25, 0.3) is 5.91 Å². The Morgan fingerprint density at radius 3 is 2.67 bits per heavy atom. The molecule has 2 aliphatic rings. The first-order valence-electron chi connectivity index (χ1n) is 12.4. The SMILES string of the molecule is O=C(NCC1CCCCC1)c1[nH]c(=O)ccc1NC(O)c1ccc(CN2C=C[N-]N2)c2ccccc12. The summed E-state index contributed by atoms with van der Waals surface area (Å²) in [5, 5.41) is 20.9. The number of nitrogens with zero attached hydrogens (tertiary/aromatic N) is 2. The second-order valence-corrected chi connectivity index (χ2v) is 9.39. The van der Waals surface area contributed by atoms with Gasteiger partial charge in [-0.05, 0) is 47.4 Å². The highest BCUT2D eigenvalue weighted by Crippen LogP contribution is 2.30. The molecule has 2 aromatic carbocycles. The number of aliphatic hydroxyl groups excluding tert-OH is 1. The van der Waals surface area contributed by atoms with Crippen molar-refractivity contribution >= 4 is 22.4 Å². The zero-order chi connectivity index (χ0) is 24.9. The minimum absolute atomic E-state index is 0.119. The van der Waals surface area contributed by atoms with Gasteiger partial charge in [-0.3, -0.25) is 9.59 Å². The van der Waals surface area contributed by atoms with E-state index in [-0.39, 0.29) is 17.2 Å². The lowest BCUT2D eigenvalue weighted by Crippen LogP contribution is -2.32. The molecule has 0 spiro atoms. The maximum absolute atomic E-state index is 13.0. The lowest BCUT2D eigenvalue weighted by Gasteiger charge is -2.24. The number of rotatable bonds is 8. The Hall–Kier alpha value is -3.82. The van der Waals surface area contributed by atoms with Crippen LogP contribution in [-0.2, 0) is 6.54 Å². The Morgan fingerprint density at radius 2 is 1.89 bits per heavy atom. The second-order valence-electron chi connectivity index (χ2n) is 9.39. The van der Waals surface area contributed by atoms with Gasteiger partial charge in [-0.25, -0.2) is 0 Å². The Bertz CT molecular complexity index is 1310. The van der Waals surface area contributed by atoms with E-state index < -0.39 is 6.23 Å². The number of carbonyl (C=O) groups is 1. The fourth-order valence-electron chi connectivity index (χ4n) is 5.00. The molecule has 9 heteroatoms. The van der Waals surface area contributed by atoms with Gasteiger partial charge in [0.05, 0.1) is 12.2 Å². The third-order valence-corrected chi connectivity index (χ3v) is 6.90. The monoisotopic (exact) mass is 487 g/mol. The maximum Gasteiger partial charge on any atom is 0.269 e. The van der Waals surface area contributed by atoms with E-state index in [9.17, 15) is 14.7 Å². The molecule has 1 unspecified atom stereocenters. The largest absolute Gasteiger partial charge is 0.609 e. The molecule has 1 fully saturated rings. The molecule has 1 saturated carbocycles. The molecule has 1 aromatic heterocycles. The third-order valence-electron chi connectivity index (χ3n) is 6.90. The van der Waals surface area contributed by atoms with Crippen molar-refractivity contribution < 1.29 is 9.90 Å². The number of hydrazine groups is 1. The van der Waals surface area contributed by atoms with Gasteiger partial charge in [-0.2, -0.15) is 0 Å². The molecule has 1 aliphatic heterocycles. The fraction of sp³-hybridized carbons (Fsp3) is 0.333. The van der Waals surface area contributed by atoms with Crippen molar-refractivity contribution in [3.63, 3.8) is 0 Å². The summed E-state index contributed by atoms with van der Waals surface area (Å²) in [6.45, 7) is 1.19. The first-order chi connectivity index (χ1) is 17.6. The van der Waals surface area contributed by atoms with E-state index in [1.807, 2.05) is 47.6 Å². The van der Waals surface area contributed by atoms with E-state index in [1.54, 1.807) is 6.20 Å². The fourth-order valence-corrected chi connectivity index (χ4v) is 5.00. The number of H-pyrrole nitrogens is 1. The third kappa shape index (κ3) is 5.37. The summed E-state index contributed by atoms with van der Waals surface area (Å²) in [4.78, 5) is 27.6. The van der Waals surface area contributed by atoms with Gasteiger partial charge >= 0.3 is 0 Å². The standard InChI is InChI=1S/C27H32N6O3/c34-24-13-12-23(25(31-24)27(36)28-16-18-6-2-1-3-7-18)30-26(35)22-11-10-19(17-33-15-14-29-32-33)20-8-4-5-9-21(20)22/h4-5,8-15,18,26,35H,1-3,6-7,16-17H2,(H5,28,29,30,31,32,34,36)/p-1. The minimum atomic E-state index is -1.10. The number of hydrogen-bond acceptors (Lipinski definition) is 6. The van der Waals surface area contributed by atoms with Crippen molar-refractivity contribution in [2.45, 2.75) is 44.9 Å². The Morgan fingerprint density at radius 1 is 1.08 bits per heavy atom. The summed E-state index contributed by atoms with van der Waals surface area (Å²) in [6, 6.07) is 14.6. The van der Waals surface area contributed by atoms with E-state index in [1.165, 1.54) is 31.4 Å². The highest BCUT2D eigenvalue weighted by molar-refractivity contribution is 5.97. The van der Waals surface area contributed by atoms with Crippen LogP contribution in [0.15, 0.2) is 65.7 Å². The molecule has 5 N–H and O–H groups in total. The molecule has 0 saturated heterocycles. The van der Waals surface area contributed by atoms with Gasteiger partial charge in [0.15, 0.2) is 6.23 Å². The molecular weight excluding hydrogens is 456 g/mol. The zero-order valence-corrected chi connectivity index (χ0v) is 20.0. The van der Waals surface area contributed by atoms with Gasteiger partial charge in [0.2, 0.25) is 5.56 Å². The van der Waals surface area contributed by atoms with Crippen molar-refractivity contribution in [2.75, 3.05) is 11.9 Å². The Kier molecular flexibility index (Phi) is 7.20. The Labute approximate surface area is 209 Å². The maximum atomic E-state index is 13.0. The highest BCUT2D eigenvalue weighted by Gasteiger charge is 2.20. The van der Waals surface area contributed by atoms with E-state index in [0.717, 1.165) is 29.2 Å². The number of anilines is 1. The van der Waals surface area contributed by atoms with Crippen LogP contribution < -0.4 is 21.7 Å². The summed E-state index contributed by atoms with van der Waals surface area (Å²) < 4.78 is 0. The molecule has 1 aliphatic carbocycles. The number of benzene rings is 2. The molecule has 0 bridgehead atoms. The molecule has 9 nitrogen and oxygen atoms in total. The van der Waals surface area contributed by atoms with Gasteiger partial charge in [-0.15, -0.1) is 6.20 Å². The lowest BCUT2D eigenvalue weighted by atomic mass is 9.89. The quantitative estimate of drug-likeness (QED) is 0.306. The van der Waals surface area contributed by atoms with E-state index in [2.05, 4.69) is 26.6 Å². The van der Waals surface area contributed by atoms with Crippen LogP contribution in [0.3, 0.4) is 0 Å². The van der Waals surface area contributed by atoms with Crippen molar-refractivity contribution in [3.8, 4) is 0 Å². The number of amides is 1. The van der Waals surface area contributed by atoms with Gasteiger partial charge < -0.3 is 36.7 Å². The number of nitrogens with one attached hydrogen (secondary N) is 4. The number of carbonyl (C=O) groups excluding carboxylic acids is 1. The number of aromatic nitrogens is 1. The predicted molar refractivity (Wildman–Crippen MR) is 140 cm³/mol. The molecule has 1 amide bonds. The van der Waals surface area contributed by atoms with Gasteiger partial charge in [0.1, 0.15) is 5.69 Å². The summed E-state index contributed by atoms with van der Waals surface area (Å²) in [5.41, 5.74) is 8.76. The number of pyridine rings is 1. The summed E-state index contributed by atoms with van der Waals surface area (Å²) in [5.74, 6) is 0.106. The first-order valence-corrected chi connectivity index (χ1v) is 12.4. The smallest absolute Gasteiger partial charge is 0.269 e. The molecular formula is C27H31N6O3-. The molecule has 5 rings (SSSR count). The van der Waals surface area contributed by atoms with Crippen LogP contribution in [0, 0.1) is 5.92 Å². The van der Waals surface area contributed by atoms with E-state index >= 15 is 0 Å². The van der Waals surface area contributed by atoms with Crippen molar-refractivity contribution in [1.29, 1.82) is 0 Å². The first kappa shape index (κ1) is 23.9. The highest BCUT2D eigenvalue weighted by atomic mass is 16.3. The predicted octanol–water partition coefficient (Wildman–Crippen LogP) is 4.02. The number of fused-ring (bicyclic) bond motifs is 1. The van der Waals surface area contributed by atoms with Gasteiger partial charge in [0, 0.05) is 18.2 Å². The number of aliphatic hydroxyl groups is 1. The van der Waals surface area contributed by atoms with Crippen LogP contribution in [0.4, 0.5) is 5.69 Å². The number of hydrogen-bond donors (Lipinski definition) is 5. The average Bonchev–Trinajstić information content (AvgIpc) is 3.42. The van der Waals surface area contributed by atoms with Crippen LogP contribution in [0.1, 0.15) is 59.9 Å². The number of aromatic amines is 1. The van der Waals surface area contributed by atoms with Crippen LogP contribution in [-0.4, -0.2) is 27.6 Å². The van der Waals surface area contributed by atoms with Crippen LogP contribution >= 0.6 is 0 Å². The van der Waals surface area contributed by atoms with Crippen molar-refractivity contribution in [2.24, 2.45) is 5.92 Å². The Balaban J connectivity index is 1.36. The topological polar surface area (TPSA) is 124 Å². The molecule has 2 heterocycles. The lowest BCUT2D eigenvalue weighted by molar-refractivity contribution is 0.0939. The molecule has 36 heavy (non-hydrogen) atoms. The molecule has 1 atom stereocenters. The normalized spacial score (nSPS) is 16.6. The van der Waals surface area contributed by atoms with Crippen molar-refractivity contribution in [1.82, 2.24) is 20.8 Å². The van der Waals surface area contributed by atoms with E-state index in [4.69, 9.17) is 0 Å².